The lowest BCUT2D eigenvalue weighted by Crippen LogP contribution is -2.45. The number of methoxy groups -OCH3 is 1. The summed E-state index contributed by atoms with van der Waals surface area (Å²) in [6.45, 7) is 5.04. The van der Waals surface area contributed by atoms with Crippen LogP contribution < -0.4 is 0 Å². The van der Waals surface area contributed by atoms with Crippen molar-refractivity contribution in [2.75, 3.05) is 20.2 Å². The average molecular weight is 334 g/mol. The maximum Gasteiger partial charge on any atom is 0.123 e. The van der Waals surface area contributed by atoms with Crippen LogP contribution in [0.5, 0.6) is 0 Å². The molecule has 124 valence electrons. The third-order valence-electron chi connectivity index (χ3n) is 4.71. The molecule has 1 aromatic carbocycles. The molecule has 0 saturated carbocycles. The number of halogens is 1. The quantitative estimate of drug-likeness (QED) is 0.834. The second kappa shape index (κ2) is 7.51. The Bertz CT molecular complexity index is 628. The minimum atomic E-state index is -0.174. The number of benzene rings is 1. The Morgan fingerprint density at radius 3 is 2.78 bits per heavy atom. The number of ether oxygens (including phenoxy) is 1. The summed E-state index contributed by atoms with van der Waals surface area (Å²) in [5.41, 5.74) is 4.24. The van der Waals surface area contributed by atoms with Crippen LogP contribution in [0, 0.1) is 18.7 Å². The first-order valence-corrected chi connectivity index (χ1v) is 8.92. The molecule has 23 heavy (non-hydrogen) atoms. The second-order valence-electron chi connectivity index (χ2n) is 6.25. The molecule has 0 radical (unpaired) electrons. The smallest absolute Gasteiger partial charge is 0.123 e. The highest BCUT2D eigenvalue weighted by molar-refractivity contribution is 7.09. The first kappa shape index (κ1) is 16.6. The van der Waals surface area contributed by atoms with E-state index in [0.717, 1.165) is 38.2 Å². The van der Waals surface area contributed by atoms with Gasteiger partial charge in [0, 0.05) is 25.1 Å². The fourth-order valence-electron chi connectivity index (χ4n) is 3.28. The molecule has 1 aliphatic rings. The van der Waals surface area contributed by atoms with E-state index in [1.54, 1.807) is 30.6 Å². The van der Waals surface area contributed by atoms with E-state index in [-0.39, 0.29) is 11.9 Å². The van der Waals surface area contributed by atoms with Crippen molar-refractivity contribution in [2.24, 2.45) is 5.92 Å². The summed E-state index contributed by atoms with van der Waals surface area (Å²) >= 11 is 1.73. The number of likely N-dealkylation sites (tertiary alicyclic amines) is 1. The summed E-state index contributed by atoms with van der Waals surface area (Å²) in [7, 11) is 1.80. The summed E-state index contributed by atoms with van der Waals surface area (Å²) in [6.07, 6.45) is 2.28. The van der Waals surface area contributed by atoms with Crippen LogP contribution in [0.4, 0.5) is 4.39 Å². The van der Waals surface area contributed by atoms with Crippen LogP contribution in [-0.4, -0.2) is 36.2 Å². The van der Waals surface area contributed by atoms with E-state index in [0.29, 0.717) is 5.92 Å². The van der Waals surface area contributed by atoms with Gasteiger partial charge in [0.05, 0.1) is 17.3 Å². The summed E-state index contributed by atoms with van der Waals surface area (Å²) < 4.78 is 18.8. The van der Waals surface area contributed by atoms with Crippen LogP contribution in [0.25, 0.3) is 0 Å². The number of rotatable bonds is 5. The van der Waals surface area contributed by atoms with Gasteiger partial charge in [-0.3, -0.25) is 4.90 Å². The van der Waals surface area contributed by atoms with Crippen molar-refractivity contribution in [3.63, 3.8) is 0 Å². The Kier molecular flexibility index (Phi) is 5.41. The fourth-order valence-corrected chi connectivity index (χ4v) is 4.10. The topological polar surface area (TPSA) is 25.4 Å². The minimum Gasteiger partial charge on any atom is -0.380 e. The van der Waals surface area contributed by atoms with E-state index in [1.165, 1.54) is 10.4 Å². The molecule has 1 saturated heterocycles. The molecule has 0 unspecified atom stereocenters. The summed E-state index contributed by atoms with van der Waals surface area (Å²) in [4.78, 5) is 8.13. The largest absolute Gasteiger partial charge is 0.380 e. The van der Waals surface area contributed by atoms with Gasteiger partial charge in [-0.2, -0.15) is 0 Å². The molecule has 1 fully saturated rings. The Hall–Kier alpha value is -1.30. The van der Waals surface area contributed by atoms with Crippen molar-refractivity contribution in [3.05, 3.63) is 51.7 Å². The predicted molar refractivity (Wildman–Crippen MR) is 91.1 cm³/mol. The standard InChI is InChI=1S/C18H23FN2OS/c1-13-18(23-12-20-13)11-21-8-7-15(17(10-21)22-2)9-14-3-5-16(19)6-4-14/h3-6,12,15,17H,7-11H2,1-2H3/t15-,17+/m1/s1. The van der Waals surface area contributed by atoms with Gasteiger partial charge in [0.2, 0.25) is 0 Å². The highest BCUT2D eigenvalue weighted by atomic mass is 32.1. The molecule has 0 bridgehead atoms. The third-order valence-corrected chi connectivity index (χ3v) is 5.63. The molecule has 0 spiro atoms. The number of piperidine rings is 1. The first-order valence-electron chi connectivity index (χ1n) is 8.04. The lowest BCUT2D eigenvalue weighted by Gasteiger charge is -2.37. The Morgan fingerprint density at radius 2 is 2.13 bits per heavy atom. The zero-order valence-electron chi connectivity index (χ0n) is 13.7. The van der Waals surface area contributed by atoms with Gasteiger partial charge in [-0.15, -0.1) is 11.3 Å². The predicted octanol–water partition coefficient (Wildman–Crippen LogP) is 3.67. The zero-order valence-corrected chi connectivity index (χ0v) is 14.5. The van der Waals surface area contributed by atoms with Crippen LogP contribution in [-0.2, 0) is 17.7 Å². The highest BCUT2D eigenvalue weighted by Gasteiger charge is 2.29. The number of aryl methyl sites for hydroxylation is 1. The normalized spacial score (nSPS) is 22.4. The lowest BCUT2D eigenvalue weighted by molar-refractivity contribution is -0.0133. The average Bonchev–Trinajstić information content (AvgIpc) is 2.96. The van der Waals surface area contributed by atoms with Gasteiger partial charge in [0.15, 0.2) is 0 Å². The zero-order chi connectivity index (χ0) is 16.2. The molecule has 3 nitrogen and oxygen atoms in total. The number of aromatic nitrogens is 1. The van der Waals surface area contributed by atoms with Gasteiger partial charge >= 0.3 is 0 Å². The Labute approximate surface area is 141 Å². The number of thiazole rings is 1. The maximum absolute atomic E-state index is 13.0. The molecule has 2 heterocycles. The van der Waals surface area contributed by atoms with E-state index in [1.807, 2.05) is 17.6 Å². The summed E-state index contributed by atoms with van der Waals surface area (Å²) in [6, 6.07) is 6.85. The van der Waals surface area contributed by atoms with Crippen LogP contribution in [0.2, 0.25) is 0 Å². The first-order chi connectivity index (χ1) is 11.2. The molecular formula is C18H23FN2OS. The van der Waals surface area contributed by atoms with Crippen molar-refractivity contribution in [3.8, 4) is 0 Å². The van der Waals surface area contributed by atoms with Crippen molar-refractivity contribution < 1.29 is 9.13 Å². The molecule has 1 aliphatic heterocycles. The van der Waals surface area contributed by atoms with E-state index in [2.05, 4.69) is 16.8 Å². The SMILES string of the molecule is CO[C@H]1CN(Cc2scnc2C)CC[C@@H]1Cc1ccc(F)cc1. The van der Waals surface area contributed by atoms with Crippen LogP contribution in [0.3, 0.4) is 0 Å². The van der Waals surface area contributed by atoms with Crippen molar-refractivity contribution >= 4 is 11.3 Å². The monoisotopic (exact) mass is 334 g/mol. The minimum absolute atomic E-state index is 0.174. The van der Waals surface area contributed by atoms with Crippen LogP contribution in [0.1, 0.15) is 22.6 Å². The van der Waals surface area contributed by atoms with E-state index < -0.39 is 0 Å². The molecule has 0 amide bonds. The maximum atomic E-state index is 13.0. The van der Waals surface area contributed by atoms with Crippen LogP contribution >= 0.6 is 11.3 Å². The molecule has 1 aromatic heterocycles. The number of nitrogens with zero attached hydrogens (tertiary/aromatic N) is 2. The molecule has 2 aromatic rings. The van der Waals surface area contributed by atoms with Crippen molar-refractivity contribution in [1.29, 1.82) is 0 Å². The molecule has 3 rings (SSSR count). The van der Waals surface area contributed by atoms with Gasteiger partial charge in [-0.25, -0.2) is 9.37 Å². The van der Waals surface area contributed by atoms with Gasteiger partial charge in [0.25, 0.3) is 0 Å². The summed E-state index contributed by atoms with van der Waals surface area (Å²) in [5, 5.41) is 0. The van der Waals surface area contributed by atoms with Crippen molar-refractivity contribution in [2.45, 2.75) is 32.4 Å². The van der Waals surface area contributed by atoms with Gasteiger partial charge in [-0.1, -0.05) is 12.1 Å². The molecule has 2 atom stereocenters. The molecular weight excluding hydrogens is 311 g/mol. The lowest BCUT2D eigenvalue weighted by atomic mass is 9.87. The van der Waals surface area contributed by atoms with Gasteiger partial charge in [0.1, 0.15) is 5.82 Å². The van der Waals surface area contributed by atoms with Crippen LogP contribution in [0.15, 0.2) is 29.8 Å². The molecule has 5 heteroatoms. The summed E-state index contributed by atoms with van der Waals surface area (Å²) in [5.74, 6) is 0.316. The van der Waals surface area contributed by atoms with E-state index in [4.69, 9.17) is 4.74 Å². The van der Waals surface area contributed by atoms with E-state index in [9.17, 15) is 4.39 Å². The number of hydrogen-bond acceptors (Lipinski definition) is 4. The molecule has 0 aliphatic carbocycles. The third kappa shape index (κ3) is 4.16. The number of hydrogen-bond donors (Lipinski definition) is 0. The van der Waals surface area contributed by atoms with Gasteiger partial charge < -0.3 is 4.74 Å². The Balaban J connectivity index is 1.60. The van der Waals surface area contributed by atoms with Gasteiger partial charge in [-0.05, 0) is 49.9 Å². The fraction of sp³-hybridized carbons (Fsp3) is 0.500. The Morgan fingerprint density at radius 1 is 1.35 bits per heavy atom. The highest BCUT2D eigenvalue weighted by Crippen LogP contribution is 2.26. The second-order valence-corrected chi connectivity index (χ2v) is 7.19. The van der Waals surface area contributed by atoms with E-state index >= 15 is 0 Å². The molecule has 0 N–H and O–H groups in total. The van der Waals surface area contributed by atoms with Crippen molar-refractivity contribution in [1.82, 2.24) is 9.88 Å².